The van der Waals surface area contributed by atoms with E-state index in [2.05, 4.69) is 11.2 Å². The summed E-state index contributed by atoms with van der Waals surface area (Å²) >= 11 is 0. The zero-order chi connectivity index (χ0) is 14.9. The summed E-state index contributed by atoms with van der Waals surface area (Å²) in [6, 6.07) is -0.500. The van der Waals surface area contributed by atoms with E-state index in [1.807, 2.05) is 20.8 Å². The minimum absolute atomic E-state index is 0.0228. The lowest BCUT2D eigenvalue weighted by molar-refractivity contribution is -0.159. The van der Waals surface area contributed by atoms with Gasteiger partial charge >= 0.3 is 0 Å². The maximum atomic E-state index is 13.0. The maximum Gasteiger partial charge on any atom is 0.249 e. The molecular weight excluding hydrogens is 252 g/mol. The van der Waals surface area contributed by atoms with E-state index in [1.54, 1.807) is 4.90 Å². The van der Waals surface area contributed by atoms with Crippen molar-refractivity contribution in [2.24, 2.45) is 5.92 Å². The molecule has 20 heavy (non-hydrogen) atoms. The summed E-state index contributed by atoms with van der Waals surface area (Å²) in [5.41, 5.74) is -0.661. The largest absolute Gasteiger partial charge is 0.340 e. The molecular formula is C16H24N2O2. The van der Waals surface area contributed by atoms with Crippen molar-refractivity contribution in [2.45, 2.75) is 70.5 Å². The number of nitrogens with one attached hydrogen (secondary N) is 1. The van der Waals surface area contributed by atoms with Crippen LogP contribution in [0.5, 0.6) is 0 Å². The first kappa shape index (κ1) is 14.9. The first-order chi connectivity index (χ1) is 9.43. The SMILES string of the molecule is C#CCC(C)N1C(=O)C2(CCCC2)NC(=O)C1C(C)C. The van der Waals surface area contributed by atoms with Gasteiger partial charge in [-0.1, -0.05) is 26.7 Å². The first-order valence-electron chi connectivity index (χ1n) is 7.51. The van der Waals surface area contributed by atoms with Gasteiger partial charge in [0.25, 0.3) is 0 Å². The van der Waals surface area contributed by atoms with Gasteiger partial charge in [0.1, 0.15) is 11.6 Å². The van der Waals surface area contributed by atoms with Gasteiger partial charge in [-0.25, -0.2) is 0 Å². The molecule has 1 saturated carbocycles. The van der Waals surface area contributed by atoms with Crippen LogP contribution in [0.25, 0.3) is 0 Å². The van der Waals surface area contributed by atoms with Crippen LogP contribution in [-0.2, 0) is 9.59 Å². The molecule has 0 aromatic rings. The van der Waals surface area contributed by atoms with Crippen molar-refractivity contribution in [1.29, 1.82) is 0 Å². The summed E-state index contributed by atoms with van der Waals surface area (Å²) in [7, 11) is 0. The molecule has 2 atom stereocenters. The summed E-state index contributed by atoms with van der Waals surface area (Å²) in [4.78, 5) is 27.2. The van der Waals surface area contributed by atoms with Gasteiger partial charge in [0.15, 0.2) is 0 Å². The first-order valence-corrected chi connectivity index (χ1v) is 7.51. The summed E-state index contributed by atoms with van der Waals surface area (Å²) in [6.07, 6.45) is 9.37. The van der Waals surface area contributed by atoms with Gasteiger partial charge < -0.3 is 10.2 Å². The Bertz CT molecular complexity index is 444. The van der Waals surface area contributed by atoms with Crippen LogP contribution in [-0.4, -0.2) is 34.3 Å². The van der Waals surface area contributed by atoms with Crippen molar-refractivity contribution in [1.82, 2.24) is 10.2 Å². The van der Waals surface area contributed by atoms with E-state index in [0.29, 0.717) is 6.42 Å². The molecule has 0 radical (unpaired) electrons. The van der Waals surface area contributed by atoms with Crippen molar-refractivity contribution in [3.8, 4) is 12.3 Å². The van der Waals surface area contributed by atoms with Crippen molar-refractivity contribution < 1.29 is 9.59 Å². The molecule has 1 aliphatic heterocycles. The molecule has 1 aliphatic carbocycles. The average Bonchev–Trinajstić information content (AvgIpc) is 2.82. The van der Waals surface area contributed by atoms with E-state index in [1.165, 1.54) is 0 Å². The van der Waals surface area contributed by atoms with Gasteiger partial charge in [-0.2, -0.15) is 0 Å². The minimum Gasteiger partial charge on any atom is -0.340 e. The molecule has 2 rings (SSSR count). The predicted molar refractivity (Wildman–Crippen MR) is 77.7 cm³/mol. The van der Waals surface area contributed by atoms with Gasteiger partial charge in [-0.3, -0.25) is 9.59 Å². The molecule has 0 bridgehead atoms. The fourth-order valence-electron chi connectivity index (χ4n) is 3.55. The number of hydrogen-bond acceptors (Lipinski definition) is 2. The lowest BCUT2D eigenvalue weighted by atomic mass is 9.86. The number of amides is 2. The zero-order valence-corrected chi connectivity index (χ0v) is 12.6. The summed E-state index contributed by atoms with van der Waals surface area (Å²) in [5.74, 6) is 2.74. The second kappa shape index (κ2) is 5.47. The second-order valence-corrected chi connectivity index (χ2v) is 6.44. The van der Waals surface area contributed by atoms with Crippen molar-refractivity contribution in [3.63, 3.8) is 0 Å². The van der Waals surface area contributed by atoms with E-state index in [4.69, 9.17) is 6.42 Å². The molecule has 1 saturated heterocycles. The van der Waals surface area contributed by atoms with Crippen LogP contribution in [0.3, 0.4) is 0 Å². The van der Waals surface area contributed by atoms with E-state index >= 15 is 0 Å². The third-order valence-corrected chi connectivity index (χ3v) is 4.55. The average molecular weight is 276 g/mol. The Hall–Kier alpha value is -1.50. The number of terminal acetylenes is 1. The van der Waals surface area contributed by atoms with Gasteiger partial charge in [0.2, 0.25) is 11.8 Å². The van der Waals surface area contributed by atoms with Crippen LogP contribution < -0.4 is 5.32 Å². The maximum absolute atomic E-state index is 13.0. The molecule has 0 aromatic carbocycles. The lowest BCUT2D eigenvalue weighted by Gasteiger charge is -2.48. The van der Waals surface area contributed by atoms with Crippen LogP contribution in [0, 0.1) is 18.3 Å². The summed E-state index contributed by atoms with van der Waals surface area (Å²) in [6.45, 7) is 5.88. The lowest BCUT2D eigenvalue weighted by Crippen LogP contribution is -2.72. The number of hydrogen-bond donors (Lipinski definition) is 1. The van der Waals surface area contributed by atoms with Crippen LogP contribution in [0.2, 0.25) is 0 Å². The Morgan fingerprint density at radius 2 is 1.95 bits per heavy atom. The third kappa shape index (κ3) is 2.30. The van der Waals surface area contributed by atoms with Gasteiger partial charge in [0.05, 0.1) is 0 Å². The molecule has 1 spiro atoms. The van der Waals surface area contributed by atoms with Crippen LogP contribution >= 0.6 is 0 Å². The van der Waals surface area contributed by atoms with E-state index in [0.717, 1.165) is 25.7 Å². The molecule has 4 heteroatoms. The van der Waals surface area contributed by atoms with Crippen molar-refractivity contribution in [3.05, 3.63) is 0 Å². The standard InChI is InChI=1S/C16H24N2O2/c1-5-8-12(4)18-13(11(2)3)14(19)17-16(15(18)20)9-6-7-10-16/h1,11-13H,6-10H2,2-4H3,(H,17,19). The molecule has 4 nitrogen and oxygen atoms in total. The fourth-order valence-corrected chi connectivity index (χ4v) is 3.55. The number of nitrogens with zero attached hydrogens (tertiary/aromatic N) is 1. The second-order valence-electron chi connectivity index (χ2n) is 6.44. The third-order valence-electron chi connectivity index (χ3n) is 4.55. The zero-order valence-electron chi connectivity index (χ0n) is 12.6. The Morgan fingerprint density at radius 1 is 1.35 bits per heavy atom. The van der Waals surface area contributed by atoms with Crippen molar-refractivity contribution >= 4 is 11.8 Å². The molecule has 2 amide bonds. The van der Waals surface area contributed by atoms with Gasteiger partial charge in [-0.15, -0.1) is 12.3 Å². The predicted octanol–water partition coefficient (Wildman–Crippen LogP) is 1.69. The Balaban J connectivity index is 2.36. The smallest absolute Gasteiger partial charge is 0.249 e. The fraction of sp³-hybridized carbons (Fsp3) is 0.750. The molecule has 0 aromatic heterocycles. The highest BCUT2D eigenvalue weighted by Gasteiger charge is 2.53. The Kier molecular flexibility index (Phi) is 4.08. The molecule has 110 valence electrons. The Morgan fingerprint density at radius 3 is 2.45 bits per heavy atom. The number of carbonyl (C=O) groups excluding carboxylic acids is 2. The van der Waals surface area contributed by atoms with E-state index in [9.17, 15) is 9.59 Å². The van der Waals surface area contributed by atoms with Crippen LogP contribution in [0.1, 0.15) is 52.9 Å². The highest BCUT2D eigenvalue weighted by atomic mass is 16.2. The van der Waals surface area contributed by atoms with Gasteiger partial charge in [-0.05, 0) is 25.7 Å². The van der Waals surface area contributed by atoms with E-state index < -0.39 is 11.6 Å². The number of carbonyl (C=O) groups is 2. The highest BCUT2D eigenvalue weighted by Crippen LogP contribution is 2.36. The summed E-state index contributed by atoms with van der Waals surface area (Å²) < 4.78 is 0. The molecule has 1 N–H and O–H groups in total. The number of rotatable bonds is 3. The van der Waals surface area contributed by atoms with Crippen molar-refractivity contribution in [2.75, 3.05) is 0 Å². The van der Waals surface area contributed by atoms with E-state index in [-0.39, 0.29) is 23.8 Å². The monoisotopic (exact) mass is 276 g/mol. The minimum atomic E-state index is -0.661. The summed E-state index contributed by atoms with van der Waals surface area (Å²) in [5, 5.41) is 3.02. The normalized spacial score (nSPS) is 26.8. The van der Waals surface area contributed by atoms with Gasteiger partial charge in [0, 0.05) is 12.5 Å². The topological polar surface area (TPSA) is 49.4 Å². The molecule has 2 aliphatic rings. The number of piperazine rings is 1. The quantitative estimate of drug-likeness (QED) is 0.798. The Labute approximate surface area is 121 Å². The molecule has 1 heterocycles. The highest BCUT2D eigenvalue weighted by molar-refractivity contribution is 6.00. The van der Waals surface area contributed by atoms with Crippen LogP contribution in [0.4, 0.5) is 0 Å². The van der Waals surface area contributed by atoms with Crippen LogP contribution in [0.15, 0.2) is 0 Å². The molecule has 2 fully saturated rings. The molecule has 2 unspecified atom stereocenters.